The van der Waals surface area contributed by atoms with Crippen LogP contribution in [0.25, 0.3) is 0 Å². The van der Waals surface area contributed by atoms with Crippen LogP contribution in [0, 0.1) is 0 Å². The van der Waals surface area contributed by atoms with Crippen LogP contribution in [-0.2, 0) is 26.0 Å². The first-order valence-electron chi connectivity index (χ1n) is 7.84. The van der Waals surface area contributed by atoms with Crippen LogP contribution in [0.5, 0.6) is 0 Å². The number of esters is 1. The molecule has 2 aromatic carbocycles. The number of carbonyl (C=O) groups excluding carboxylic acids is 1. The summed E-state index contributed by atoms with van der Waals surface area (Å²) in [7, 11) is -2.26. The third-order valence-corrected chi connectivity index (χ3v) is 5.16. The lowest BCUT2D eigenvalue weighted by atomic mass is 10.1. The van der Waals surface area contributed by atoms with Gasteiger partial charge in [0.15, 0.2) is 0 Å². The highest BCUT2D eigenvalue weighted by atomic mass is 32.2. The molecule has 0 aliphatic carbocycles. The van der Waals surface area contributed by atoms with Crippen LogP contribution in [-0.4, -0.2) is 40.0 Å². The van der Waals surface area contributed by atoms with Crippen molar-refractivity contribution in [1.82, 2.24) is 5.43 Å². The second kappa shape index (κ2) is 7.49. The Hall–Kier alpha value is -3.00. The van der Waals surface area contributed by atoms with E-state index in [0.29, 0.717) is 11.3 Å². The quantitative estimate of drug-likeness (QED) is 0.472. The number of fused-ring (bicyclic) bond motifs is 1. The fourth-order valence-electron chi connectivity index (χ4n) is 2.56. The van der Waals surface area contributed by atoms with Gasteiger partial charge in [0.2, 0.25) is 0 Å². The van der Waals surface area contributed by atoms with E-state index in [9.17, 15) is 13.2 Å². The largest absolute Gasteiger partial charge is 0.469 e. The van der Waals surface area contributed by atoms with E-state index in [2.05, 4.69) is 19.7 Å². The van der Waals surface area contributed by atoms with Crippen molar-refractivity contribution in [1.29, 1.82) is 0 Å². The van der Waals surface area contributed by atoms with Crippen molar-refractivity contribution in [2.45, 2.75) is 11.3 Å². The number of nitrogens with zero attached hydrogens (tertiary/aromatic N) is 2. The number of hydrogen-bond donors (Lipinski definition) is 1. The van der Waals surface area contributed by atoms with Gasteiger partial charge < -0.3 is 10.2 Å². The van der Waals surface area contributed by atoms with Crippen molar-refractivity contribution in [3.63, 3.8) is 0 Å². The van der Waals surface area contributed by atoms with E-state index in [4.69, 9.17) is 0 Å². The molecule has 1 N–H and O–H groups in total. The fraction of sp³-hybridized carbons (Fsp3) is 0.167. The first-order valence-corrected chi connectivity index (χ1v) is 9.28. The van der Waals surface area contributed by atoms with Gasteiger partial charge in [-0.3, -0.25) is 4.79 Å². The Morgan fingerprint density at radius 3 is 2.85 bits per heavy atom. The molecule has 0 radical (unpaired) electrons. The highest BCUT2D eigenvalue weighted by molar-refractivity contribution is 7.90. The van der Waals surface area contributed by atoms with Gasteiger partial charge >= 0.3 is 5.97 Å². The molecule has 1 aliphatic rings. The van der Waals surface area contributed by atoms with Crippen LogP contribution in [0.2, 0.25) is 0 Å². The Balaban J connectivity index is 1.64. The highest BCUT2D eigenvalue weighted by Gasteiger charge is 2.27. The maximum absolute atomic E-state index is 12.0. The number of hydrogen-bond acceptors (Lipinski definition) is 6. The van der Waals surface area contributed by atoms with E-state index < -0.39 is 10.0 Å². The molecular formula is C18H17N3O4S. The lowest BCUT2D eigenvalue weighted by Gasteiger charge is -2.03. The van der Waals surface area contributed by atoms with Gasteiger partial charge in [-0.2, -0.15) is 17.9 Å². The predicted octanol–water partition coefficient (Wildman–Crippen LogP) is 1.52. The first kappa shape index (κ1) is 17.8. The zero-order valence-electron chi connectivity index (χ0n) is 14.0. The molecule has 0 atom stereocenters. The van der Waals surface area contributed by atoms with Crippen LogP contribution in [0.15, 0.2) is 62.9 Å². The average molecular weight is 371 g/mol. The van der Waals surface area contributed by atoms with Gasteiger partial charge in [-0.25, -0.2) is 0 Å². The Labute approximate surface area is 151 Å². The zero-order valence-corrected chi connectivity index (χ0v) is 14.9. The SMILES string of the molecule is COC(=O)Cc1cccc(/C=N/NCC2=NS(=O)(=O)c3ccccc32)c1. The average Bonchev–Trinajstić information content (AvgIpc) is 2.90. The Kier molecular flexibility index (Phi) is 5.13. The number of carbonyl (C=O) groups is 1. The maximum atomic E-state index is 12.0. The van der Waals surface area contributed by atoms with Crippen LogP contribution >= 0.6 is 0 Å². The van der Waals surface area contributed by atoms with E-state index in [1.807, 2.05) is 24.3 Å². The minimum absolute atomic E-state index is 0.189. The third kappa shape index (κ3) is 3.97. The lowest BCUT2D eigenvalue weighted by molar-refractivity contribution is -0.139. The Morgan fingerprint density at radius 1 is 1.23 bits per heavy atom. The molecule has 0 saturated carbocycles. The monoisotopic (exact) mass is 371 g/mol. The number of rotatable bonds is 6. The Bertz CT molecular complexity index is 997. The van der Waals surface area contributed by atoms with E-state index in [1.165, 1.54) is 13.2 Å². The van der Waals surface area contributed by atoms with E-state index in [-0.39, 0.29) is 23.8 Å². The first-order chi connectivity index (χ1) is 12.5. The molecule has 8 heteroatoms. The highest BCUT2D eigenvalue weighted by Crippen LogP contribution is 2.25. The van der Waals surface area contributed by atoms with Crippen LogP contribution in [0.1, 0.15) is 16.7 Å². The molecule has 0 spiro atoms. The lowest BCUT2D eigenvalue weighted by Crippen LogP contribution is -2.18. The molecule has 3 rings (SSSR count). The summed E-state index contributed by atoms with van der Waals surface area (Å²) in [4.78, 5) is 11.5. The molecule has 1 heterocycles. The van der Waals surface area contributed by atoms with Gasteiger partial charge in [-0.1, -0.05) is 36.4 Å². The maximum Gasteiger partial charge on any atom is 0.309 e. The second-order valence-corrected chi connectivity index (χ2v) is 7.17. The Morgan fingerprint density at radius 2 is 2.04 bits per heavy atom. The molecule has 0 fully saturated rings. The molecule has 0 saturated heterocycles. The van der Waals surface area contributed by atoms with Crippen molar-refractivity contribution in [2.75, 3.05) is 13.7 Å². The molecule has 0 unspecified atom stereocenters. The normalized spacial score (nSPS) is 14.7. The molecular weight excluding hydrogens is 354 g/mol. The molecule has 0 amide bonds. The summed E-state index contributed by atoms with van der Waals surface area (Å²) in [5.74, 6) is -0.309. The zero-order chi connectivity index (χ0) is 18.6. The standard InChI is InChI=1S/C18H17N3O4S/c1-25-18(22)10-13-5-4-6-14(9-13)11-19-20-12-16-15-7-2-3-8-17(15)26(23,24)21-16/h2-9,11,20H,10,12H2,1H3/b19-11+. The fourth-order valence-corrected chi connectivity index (χ4v) is 3.83. The van der Waals surface area contributed by atoms with Crippen LogP contribution in [0.4, 0.5) is 0 Å². The van der Waals surface area contributed by atoms with E-state index in [1.54, 1.807) is 24.4 Å². The summed E-state index contributed by atoms with van der Waals surface area (Å²) in [5, 5.41) is 4.10. The molecule has 2 aromatic rings. The summed E-state index contributed by atoms with van der Waals surface area (Å²) in [5.41, 5.74) is 5.46. The minimum atomic E-state index is -3.61. The summed E-state index contributed by atoms with van der Waals surface area (Å²) in [6.07, 6.45) is 1.79. The van der Waals surface area contributed by atoms with Crippen molar-refractivity contribution in [2.24, 2.45) is 9.50 Å². The summed E-state index contributed by atoms with van der Waals surface area (Å²) in [6.45, 7) is 0.189. The van der Waals surface area contributed by atoms with Gasteiger partial charge in [-0.05, 0) is 23.3 Å². The molecule has 0 aromatic heterocycles. The van der Waals surface area contributed by atoms with Gasteiger partial charge in [0, 0.05) is 5.56 Å². The molecule has 134 valence electrons. The number of ether oxygens (including phenoxy) is 1. The second-order valence-electron chi connectivity index (χ2n) is 5.60. The molecule has 7 nitrogen and oxygen atoms in total. The van der Waals surface area contributed by atoms with Gasteiger partial charge in [-0.15, -0.1) is 0 Å². The molecule has 26 heavy (non-hydrogen) atoms. The van der Waals surface area contributed by atoms with E-state index in [0.717, 1.165) is 11.1 Å². The molecule has 0 bridgehead atoms. The van der Waals surface area contributed by atoms with Crippen molar-refractivity contribution < 1.29 is 17.9 Å². The third-order valence-electron chi connectivity index (χ3n) is 3.78. The van der Waals surface area contributed by atoms with Crippen molar-refractivity contribution in [3.8, 4) is 0 Å². The smallest absolute Gasteiger partial charge is 0.309 e. The summed E-state index contributed by atoms with van der Waals surface area (Å²) < 4.78 is 32.4. The minimum Gasteiger partial charge on any atom is -0.469 e. The van der Waals surface area contributed by atoms with Gasteiger partial charge in [0.25, 0.3) is 10.0 Å². The topological polar surface area (TPSA) is 97.2 Å². The number of sulfonamides is 1. The van der Waals surface area contributed by atoms with E-state index >= 15 is 0 Å². The van der Waals surface area contributed by atoms with Crippen LogP contribution in [0.3, 0.4) is 0 Å². The summed E-state index contributed by atoms with van der Waals surface area (Å²) in [6, 6.07) is 14.0. The van der Waals surface area contributed by atoms with Crippen molar-refractivity contribution in [3.05, 3.63) is 65.2 Å². The van der Waals surface area contributed by atoms with Gasteiger partial charge in [0.05, 0.1) is 36.9 Å². The predicted molar refractivity (Wildman–Crippen MR) is 97.9 cm³/mol. The number of hydrazone groups is 1. The number of nitrogens with one attached hydrogen (secondary N) is 1. The molecule has 1 aliphatic heterocycles. The van der Waals surface area contributed by atoms with Crippen molar-refractivity contribution >= 4 is 27.9 Å². The summed E-state index contributed by atoms with van der Waals surface area (Å²) >= 11 is 0. The van der Waals surface area contributed by atoms with Gasteiger partial charge in [0.1, 0.15) is 0 Å². The van der Waals surface area contributed by atoms with Crippen LogP contribution < -0.4 is 5.43 Å². The number of benzene rings is 2. The number of methoxy groups -OCH3 is 1.